The van der Waals surface area contributed by atoms with Gasteiger partial charge in [-0.2, -0.15) is 0 Å². The zero-order valence-corrected chi connectivity index (χ0v) is 16.8. The van der Waals surface area contributed by atoms with E-state index in [1.807, 2.05) is 0 Å². The molecular formula is C21H23ClFNO2S. The van der Waals surface area contributed by atoms with Crippen molar-refractivity contribution in [2.24, 2.45) is 0 Å². The van der Waals surface area contributed by atoms with Gasteiger partial charge in [0.1, 0.15) is 18.2 Å². The molecule has 0 saturated heterocycles. The van der Waals surface area contributed by atoms with Gasteiger partial charge in [-0.3, -0.25) is 4.79 Å². The summed E-state index contributed by atoms with van der Waals surface area (Å²) < 4.78 is 18.5. The molecule has 0 radical (unpaired) electrons. The van der Waals surface area contributed by atoms with Crippen LogP contribution in [-0.4, -0.2) is 17.8 Å². The first-order valence-electron chi connectivity index (χ1n) is 8.69. The Balaban J connectivity index is 1.79. The topological polar surface area (TPSA) is 38.3 Å². The second kappa shape index (κ2) is 11.0. The molecule has 0 spiro atoms. The number of carbonyl (C=O) groups is 1. The lowest BCUT2D eigenvalue weighted by molar-refractivity contribution is -0.121. The quantitative estimate of drug-likeness (QED) is 0.410. The molecule has 0 aromatic heterocycles. The SMILES string of the molecule is C=CCOc1ccc(Cl)cc1CNC(=O)CCC(C)Sc1ccc(F)cc1. The zero-order valence-electron chi connectivity index (χ0n) is 15.2. The number of carbonyl (C=O) groups excluding carboxylic acids is 1. The molecule has 0 bridgehead atoms. The van der Waals surface area contributed by atoms with Gasteiger partial charge in [0.2, 0.25) is 5.91 Å². The van der Waals surface area contributed by atoms with Crippen LogP contribution in [0.3, 0.4) is 0 Å². The van der Waals surface area contributed by atoms with E-state index in [-0.39, 0.29) is 17.0 Å². The van der Waals surface area contributed by atoms with Gasteiger partial charge in [0.05, 0.1) is 0 Å². The summed E-state index contributed by atoms with van der Waals surface area (Å²) in [6.45, 7) is 6.43. The van der Waals surface area contributed by atoms with Gasteiger partial charge >= 0.3 is 0 Å². The summed E-state index contributed by atoms with van der Waals surface area (Å²) in [7, 11) is 0. The molecular weight excluding hydrogens is 385 g/mol. The normalized spacial score (nSPS) is 11.7. The van der Waals surface area contributed by atoms with Gasteiger partial charge in [0, 0.05) is 33.7 Å². The van der Waals surface area contributed by atoms with Gasteiger partial charge in [-0.1, -0.05) is 31.2 Å². The summed E-state index contributed by atoms with van der Waals surface area (Å²) in [6, 6.07) is 11.7. The van der Waals surface area contributed by atoms with Gasteiger partial charge < -0.3 is 10.1 Å². The second-order valence-electron chi connectivity index (χ2n) is 6.05. The van der Waals surface area contributed by atoms with Crippen molar-refractivity contribution in [3.8, 4) is 5.75 Å². The van der Waals surface area contributed by atoms with Gasteiger partial charge in [-0.15, -0.1) is 11.8 Å². The molecule has 2 aromatic carbocycles. The fraction of sp³-hybridized carbons (Fsp3) is 0.286. The number of ether oxygens (including phenoxy) is 1. The molecule has 6 heteroatoms. The Bertz CT molecular complexity index is 767. The van der Waals surface area contributed by atoms with E-state index in [1.165, 1.54) is 12.1 Å². The summed E-state index contributed by atoms with van der Waals surface area (Å²) in [6.07, 6.45) is 2.80. The van der Waals surface area contributed by atoms with E-state index in [4.69, 9.17) is 16.3 Å². The van der Waals surface area contributed by atoms with Crippen LogP contribution in [0.15, 0.2) is 60.0 Å². The lowest BCUT2D eigenvalue weighted by atomic mass is 10.2. The highest BCUT2D eigenvalue weighted by Crippen LogP contribution is 2.26. The van der Waals surface area contributed by atoms with E-state index in [2.05, 4.69) is 18.8 Å². The number of rotatable bonds is 10. The third-order valence-corrected chi connectivity index (χ3v) is 5.20. The van der Waals surface area contributed by atoms with Crippen LogP contribution in [0, 0.1) is 5.82 Å². The first-order chi connectivity index (χ1) is 13.0. The van der Waals surface area contributed by atoms with E-state index >= 15 is 0 Å². The first-order valence-corrected chi connectivity index (χ1v) is 9.94. The minimum Gasteiger partial charge on any atom is -0.489 e. The molecule has 2 aromatic rings. The van der Waals surface area contributed by atoms with Gasteiger partial charge in [0.15, 0.2) is 0 Å². The van der Waals surface area contributed by atoms with E-state index in [9.17, 15) is 9.18 Å². The minimum atomic E-state index is -0.246. The smallest absolute Gasteiger partial charge is 0.220 e. The average Bonchev–Trinajstić information content (AvgIpc) is 2.65. The number of amides is 1. The van der Waals surface area contributed by atoms with Crippen LogP contribution in [0.2, 0.25) is 5.02 Å². The Morgan fingerprint density at radius 3 is 2.78 bits per heavy atom. The molecule has 0 fully saturated rings. The number of benzene rings is 2. The molecule has 0 heterocycles. The van der Waals surface area contributed by atoms with Crippen LogP contribution in [0.5, 0.6) is 5.75 Å². The van der Waals surface area contributed by atoms with Crippen molar-refractivity contribution < 1.29 is 13.9 Å². The minimum absolute atomic E-state index is 0.0313. The lowest BCUT2D eigenvalue weighted by Gasteiger charge is -2.13. The standard InChI is InChI=1S/C21H23ClFNO2S/c1-3-12-26-20-10-5-17(22)13-16(20)14-24-21(25)11-4-15(2)27-19-8-6-18(23)7-9-19/h3,5-10,13,15H,1,4,11-12,14H2,2H3,(H,24,25). The summed E-state index contributed by atoms with van der Waals surface area (Å²) in [4.78, 5) is 13.2. The maximum absolute atomic E-state index is 12.9. The fourth-order valence-electron chi connectivity index (χ4n) is 2.40. The molecule has 0 aliphatic rings. The molecule has 1 unspecified atom stereocenters. The van der Waals surface area contributed by atoms with Crippen LogP contribution in [0.25, 0.3) is 0 Å². The van der Waals surface area contributed by atoms with Gasteiger partial charge in [-0.05, 0) is 48.9 Å². The van der Waals surface area contributed by atoms with Crippen molar-refractivity contribution in [1.29, 1.82) is 0 Å². The maximum Gasteiger partial charge on any atom is 0.220 e. The highest BCUT2D eigenvalue weighted by atomic mass is 35.5. The average molecular weight is 408 g/mol. The van der Waals surface area contributed by atoms with E-state index in [0.717, 1.165) is 16.9 Å². The highest BCUT2D eigenvalue weighted by Gasteiger charge is 2.10. The van der Waals surface area contributed by atoms with Crippen LogP contribution in [0.1, 0.15) is 25.3 Å². The summed E-state index contributed by atoms with van der Waals surface area (Å²) >= 11 is 7.67. The number of halogens is 2. The molecule has 1 atom stereocenters. The fourth-order valence-corrected chi connectivity index (χ4v) is 3.58. The first kappa shape index (κ1) is 21.3. The molecule has 0 saturated carbocycles. The Kier molecular flexibility index (Phi) is 8.69. The summed E-state index contributed by atoms with van der Waals surface area (Å²) in [5, 5.41) is 3.75. The Hall–Kier alpha value is -1.98. The van der Waals surface area contributed by atoms with Crippen molar-refractivity contribution in [2.45, 2.75) is 36.5 Å². The van der Waals surface area contributed by atoms with Crippen LogP contribution in [-0.2, 0) is 11.3 Å². The zero-order chi connectivity index (χ0) is 19.6. The number of nitrogens with one attached hydrogen (secondary N) is 1. The van der Waals surface area contributed by atoms with Crippen molar-refractivity contribution in [3.63, 3.8) is 0 Å². The monoisotopic (exact) mass is 407 g/mol. The van der Waals surface area contributed by atoms with Gasteiger partial charge in [-0.25, -0.2) is 4.39 Å². The van der Waals surface area contributed by atoms with Crippen LogP contribution in [0.4, 0.5) is 4.39 Å². The summed E-state index contributed by atoms with van der Waals surface area (Å²) in [5.41, 5.74) is 0.825. The van der Waals surface area contributed by atoms with Crippen LogP contribution < -0.4 is 10.1 Å². The number of thioether (sulfide) groups is 1. The molecule has 2 rings (SSSR count). The molecule has 0 aliphatic heterocycles. The molecule has 3 nitrogen and oxygen atoms in total. The summed E-state index contributed by atoms with van der Waals surface area (Å²) in [5.74, 6) is 0.403. The van der Waals surface area contributed by atoms with Crippen molar-refractivity contribution >= 4 is 29.3 Å². The largest absolute Gasteiger partial charge is 0.489 e. The number of hydrogen-bond acceptors (Lipinski definition) is 3. The Labute approximate surface area is 169 Å². The Morgan fingerprint density at radius 2 is 2.07 bits per heavy atom. The van der Waals surface area contributed by atoms with Crippen LogP contribution >= 0.6 is 23.4 Å². The molecule has 27 heavy (non-hydrogen) atoms. The Morgan fingerprint density at radius 1 is 1.33 bits per heavy atom. The predicted octanol–water partition coefficient (Wildman–Crippen LogP) is 5.62. The van der Waals surface area contributed by atoms with Crippen molar-refractivity contribution in [2.75, 3.05) is 6.61 Å². The van der Waals surface area contributed by atoms with E-state index in [1.54, 1.807) is 48.2 Å². The molecule has 1 amide bonds. The predicted molar refractivity (Wildman–Crippen MR) is 110 cm³/mol. The lowest BCUT2D eigenvalue weighted by Crippen LogP contribution is -2.23. The third-order valence-electron chi connectivity index (χ3n) is 3.78. The maximum atomic E-state index is 12.9. The van der Waals surface area contributed by atoms with Crippen molar-refractivity contribution in [3.05, 3.63) is 71.5 Å². The highest BCUT2D eigenvalue weighted by molar-refractivity contribution is 7.99. The van der Waals surface area contributed by atoms with E-state index in [0.29, 0.717) is 30.3 Å². The molecule has 1 N–H and O–H groups in total. The number of hydrogen-bond donors (Lipinski definition) is 1. The molecule has 144 valence electrons. The van der Waals surface area contributed by atoms with Gasteiger partial charge in [0.25, 0.3) is 0 Å². The van der Waals surface area contributed by atoms with Crippen molar-refractivity contribution in [1.82, 2.24) is 5.32 Å². The third kappa shape index (κ3) is 7.65. The second-order valence-corrected chi connectivity index (χ2v) is 8.00. The van der Waals surface area contributed by atoms with E-state index < -0.39 is 0 Å². The molecule has 0 aliphatic carbocycles.